The smallest absolute Gasteiger partial charge is 0.191 e. The van der Waals surface area contributed by atoms with Crippen LogP contribution in [-0.4, -0.2) is 43.4 Å². The Kier molecular flexibility index (Phi) is 4.37. The van der Waals surface area contributed by atoms with Crippen LogP contribution in [0.4, 0.5) is 0 Å². The van der Waals surface area contributed by atoms with Gasteiger partial charge in [0.05, 0.1) is 6.54 Å². The minimum absolute atomic E-state index is 0.550. The highest BCUT2D eigenvalue weighted by molar-refractivity contribution is 7.99. The lowest BCUT2D eigenvalue weighted by Crippen LogP contribution is -2.27. The van der Waals surface area contributed by atoms with Gasteiger partial charge in [0.25, 0.3) is 0 Å². The molecule has 2 aromatic rings. The van der Waals surface area contributed by atoms with Gasteiger partial charge in [-0.25, -0.2) is 0 Å². The molecule has 0 aliphatic carbocycles. The SMILES string of the molecule is Cn1c(SCCn2cccn2)nnc1C1CCNCC1. The molecule has 0 atom stereocenters. The van der Waals surface area contributed by atoms with E-state index in [1.807, 2.05) is 23.1 Å². The Morgan fingerprint density at radius 2 is 2.20 bits per heavy atom. The number of hydrogen-bond donors (Lipinski definition) is 1. The number of thioether (sulfide) groups is 1. The molecule has 1 saturated heterocycles. The molecule has 108 valence electrons. The van der Waals surface area contributed by atoms with E-state index in [-0.39, 0.29) is 0 Å². The van der Waals surface area contributed by atoms with Crippen molar-refractivity contribution >= 4 is 11.8 Å². The lowest BCUT2D eigenvalue weighted by Gasteiger charge is -2.21. The van der Waals surface area contributed by atoms with Gasteiger partial charge in [-0.1, -0.05) is 11.8 Å². The molecule has 0 spiro atoms. The molecule has 1 N–H and O–H groups in total. The minimum atomic E-state index is 0.550. The molecule has 7 heteroatoms. The monoisotopic (exact) mass is 292 g/mol. The summed E-state index contributed by atoms with van der Waals surface area (Å²) in [5, 5.41) is 17.3. The van der Waals surface area contributed by atoms with Gasteiger partial charge in [-0.3, -0.25) is 4.68 Å². The van der Waals surface area contributed by atoms with Crippen molar-refractivity contribution < 1.29 is 0 Å². The van der Waals surface area contributed by atoms with E-state index in [9.17, 15) is 0 Å². The van der Waals surface area contributed by atoms with E-state index in [1.165, 1.54) is 0 Å². The van der Waals surface area contributed by atoms with Crippen LogP contribution in [0.1, 0.15) is 24.6 Å². The first-order valence-corrected chi connectivity index (χ1v) is 8.03. The number of nitrogens with zero attached hydrogens (tertiary/aromatic N) is 5. The van der Waals surface area contributed by atoms with Crippen molar-refractivity contribution in [3.05, 3.63) is 24.3 Å². The third-order valence-electron chi connectivity index (χ3n) is 3.68. The van der Waals surface area contributed by atoms with E-state index in [0.717, 1.165) is 49.2 Å². The van der Waals surface area contributed by atoms with Crippen LogP contribution in [0.3, 0.4) is 0 Å². The first-order chi connectivity index (χ1) is 9.84. The molecule has 1 aliphatic rings. The van der Waals surface area contributed by atoms with Crippen molar-refractivity contribution in [3.8, 4) is 0 Å². The van der Waals surface area contributed by atoms with Gasteiger partial charge in [0.15, 0.2) is 5.16 Å². The predicted octanol–water partition coefficient (Wildman–Crippen LogP) is 1.27. The summed E-state index contributed by atoms with van der Waals surface area (Å²) in [6.07, 6.45) is 6.10. The summed E-state index contributed by atoms with van der Waals surface area (Å²) in [4.78, 5) is 0. The second kappa shape index (κ2) is 6.41. The molecular formula is C13H20N6S. The number of hydrogen-bond acceptors (Lipinski definition) is 5. The average molecular weight is 292 g/mol. The fraction of sp³-hybridized carbons (Fsp3) is 0.615. The quantitative estimate of drug-likeness (QED) is 0.841. The van der Waals surface area contributed by atoms with Crippen LogP contribution in [0.5, 0.6) is 0 Å². The number of aryl methyl sites for hydroxylation is 1. The third kappa shape index (κ3) is 3.04. The molecule has 0 bridgehead atoms. The standard InChI is InChI=1S/C13H20N6S/c1-18-12(11-3-6-14-7-4-11)16-17-13(18)20-10-9-19-8-2-5-15-19/h2,5,8,11,14H,3-4,6-7,9-10H2,1H3. The zero-order chi connectivity index (χ0) is 13.8. The van der Waals surface area contributed by atoms with Gasteiger partial charge in [-0.05, 0) is 32.0 Å². The van der Waals surface area contributed by atoms with Gasteiger partial charge in [-0.15, -0.1) is 10.2 Å². The summed E-state index contributed by atoms with van der Waals surface area (Å²) in [5.41, 5.74) is 0. The topological polar surface area (TPSA) is 60.6 Å². The van der Waals surface area contributed by atoms with E-state index in [0.29, 0.717) is 5.92 Å². The highest BCUT2D eigenvalue weighted by Gasteiger charge is 2.21. The van der Waals surface area contributed by atoms with E-state index in [1.54, 1.807) is 11.8 Å². The highest BCUT2D eigenvalue weighted by atomic mass is 32.2. The Hall–Kier alpha value is -1.34. The minimum Gasteiger partial charge on any atom is -0.317 e. The van der Waals surface area contributed by atoms with Gasteiger partial charge < -0.3 is 9.88 Å². The van der Waals surface area contributed by atoms with Crippen LogP contribution in [0.2, 0.25) is 0 Å². The summed E-state index contributed by atoms with van der Waals surface area (Å²) >= 11 is 1.74. The van der Waals surface area contributed by atoms with Crippen LogP contribution in [0.25, 0.3) is 0 Å². The first-order valence-electron chi connectivity index (χ1n) is 7.05. The second-order valence-corrected chi connectivity index (χ2v) is 6.10. The first kappa shape index (κ1) is 13.6. The van der Waals surface area contributed by atoms with Gasteiger partial charge >= 0.3 is 0 Å². The van der Waals surface area contributed by atoms with E-state index < -0.39 is 0 Å². The van der Waals surface area contributed by atoms with E-state index in [2.05, 4.69) is 32.2 Å². The van der Waals surface area contributed by atoms with Gasteiger partial charge in [0.2, 0.25) is 0 Å². The molecule has 6 nitrogen and oxygen atoms in total. The number of rotatable bonds is 5. The van der Waals surface area contributed by atoms with Crippen molar-refractivity contribution in [1.82, 2.24) is 29.9 Å². The van der Waals surface area contributed by atoms with Gasteiger partial charge in [0, 0.05) is 31.1 Å². The molecule has 20 heavy (non-hydrogen) atoms. The maximum absolute atomic E-state index is 4.40. The predicted molar refractivity (Wildman–Crippen MR) is 78.8 cm³/mol. The maximum atomic E-state index is 4.40. The van der Waals surface area contributed by atoms with Crippen LogP contribution in [0.15, 0.2) is 23.6 Å². The molecule has 0 unspecified atom stereocenters. The second-order valence-electron chi connectivity index (χ2n) is 5.04. The van der Waals surface area contributed by atoms with Crippen LogP contribution in [0, 0.1) is 0 Å². The maximum Gasteiger partial charge on any atom is 0.191 e. The summed E-state index contributed by atoms with van der Waals surface area (Å²) in [5.74, 6) is 2.64. The van der Waals surface area contributed by atoms with Crippen molar-refractivity contribution in [2.45, 2.75) is 30.5 Å². The molecule has 3 rings (SSSR count). The molecule has 0 aromatic carbocycles. The summed E-state index contributed by atoms with van der Waals surface area (Å²) in [6, 6.07) is 1.95. The average Bonchev–Trinajstić information content (AvgIpc) is 3.11. The van der Waals surface area contributed by atoms with Crippen LogP contribution in [-0.2, 0) is 13.6 Å². The molecule has 3 heterocycles. The highest BCUT2D eigenvalue weighted by Crippen LogP contribution is 2.26. The summed E-state index contributed by atoms with van der Waals surface area (Å²) in [6.45, 7) is 3.06. The summed E-state index contributed by atoms with van der Waals surface area (Å²) in [7, 11) is 2.08. The number of nitrogens with one attached hydrogen (secondary N) is 1. The largest absolute Gasteiger partial charge is 0.317 e. The zero-order valence-electron chi connectivity index (χ0n) is 11.7. The van der Waals surface area contributed by atoms with Crippen LogP contribution >= 0.6 is 11.8 Å². The lowest BCUT2D eigenvalue weighted by molar-refractivity contribution is 0.434. The Labute approximate surface area is 123 Å². The lowest BCUT2D eigenvalue weighted by atomic mass is 9.97. The zero-order valence-corrected chi connectivity index (χ0v) is 12.5. The summed E-state index contributed by atoms with van der Waals surface area (Å²) < 4.78 is 4.10. The Balaban J connectivity index is 1.58. The molecule has 2 aromatic heterocycles. The Bertz CT molecular complexity index is 529. The van der Waals surface area contributed by atoms with Crippen molar-refractivity contribution in [2.24, 2.45) is 7.05 Å². The van der Waals surface area contributed by atoms with E-state index in [4.69, 9.17) is 0 Å². The molecule has 0 radical (unpaired) electrons. The molecule has 0 amide bonds. The molecule has 1 fully saturated rings. The van der Waals surface area contributed by atoms with Crippen molar-refractivity contribution in [2.75, 3.05) is 18.8 Å². The van der Waals surface area contributed by atoms with Gasteiger partial charge in [-0.2, -0.15) is 5.10 Å². The number of piperidine rings is 1. The van der Waals surface area contributed by atoms with E-state index >= 15 is 0 Å². The third-order valence-corrected chi connectivity index (χ3v) is 4.68. The fourth-order valence-electron chi connectivity index (χ4n) is 2.55. The Morgan fingerprint density at radius 1 is 1.35 bits per heavy atom. The van der Waals surface area contributed by atoms with Crippen molar-refractivity contribution in [3.63, 3.8) is 0 Å². The Morgan fingerprint density at radius 3 is 2.95 bits per heavy atom. The fourth-order valence-corrected chi connectivity index (χ4v) is 3.40. The normalized spacial score (nSPS) is 16.6. The molecular weight excluding hydrogens is 272 g/mol. The molecule has 1 aliphatic heterocycles. The number of aromatic nitrogens is 5. The van der Waals surface area contributed by atoms with Gasteiger partial charge in [0.1, 0.15) is 5.82 Å². The van der Waals surface area contributed by atoms with Crippen LogP contribution < -0.4 is 5.32 Å². The van der Waals surface area contributed by atoms with Crippen molar-refractivity contribution in [1.29, 1.82) is 0 Å². The molecule has 0 saturated carbocycles.